The first kappa shape index (κ1) is 16.9. The van der Waals surface area contributed by atoms with Gasteiger partial charge in [-0.3, -0.25) is 5.10 Å². The second kappa shape index (κ2) is 7.33. The number of methoxy groups -OCH3 is 1. The fourth-order valence-electron chi connectivity index (χ4n) is 2.66. The maximum atomic E-state index is 5.56. The average molecular weight is 341 g/mol. The Bertz CT molecular complexity index is 837. The number of nitrogens with zero attached hydrogens (tertiary/aromatic N) is 5. The van der Waals surface area contributed by atoms with Crippen LogP contribution in [0.4, 0.5) is 5.95 Å². The molecule has 0 fully saturated rings. The van der Waals surface area contributed by atoms with Gasteiger partial charge in [0.25, 0.3) is 0 Å². The molecule has 0 saturated heterocycles. The lowest BCUT2D eigenvalue weighted by molar-refractivity contribution is 0.411. The van der Waals surface area contributed by atoms with Gasteiger partial charge in [0.2, 0.25) is 5.95 Å². The van der Waals surface area contributed by atoms with Crippen LogP contribution in [0, 0.1) is 5.92 Å². The monoisotopic (exact) mass is 341 g/mol. The Morgan fingerprint density at radius 3 is 2.68 bits per heavy atom. The molecule has 3 N–H and O–H groups in total. The van der Waals surface area contributed by atoms with Gasteiger partial charge in [-0.25, -0.2) is 9.67 Å². The van der Waals surface area contributed by atoms with E-state index in [-0.39, 0.29) is 5.95 Å². The number of nitrogens with two attached hydrogens (primary N) is 1. The lowest BCUT2D eigenvalue weighted by atomic mass is 10.1. The molecule has 0 saturated carbocycles. The quantitative estimate of drug-likeness (QED) is 0.680. The van der Waals surface area contributed by atoms with Crippen molar-refractivity contribution in [3.8, 4) is 11.4 Å². The molecule has 0 aliphatic rings. The summed E-state index contributed by atoms with van der Waals surface area (Å²) in [6.45, 7) is 4.31. The van der Waals surface area contributed by atoms with E-state index in [0.29, 0.717) is 18.8 Å². The molecule has 0 spiro atoms. The number of para-hydroxylation sites is 2. The third-order valence-corrected chi connectivity index (χ3v) is 3.76. The zero-order chi connectivity index (χ0) is 17.8. The van der Waals surface area contributed by atoms with Crippen LogP contribution in [0.1, 0.15) is 31.3 Å². The lowest BCUT2D eigenvalue weighted by Gasteiger charge is -2.10. The number of hydrogen-bond acceptors (Lipinski definition) is 6. The molecule has 0 radical (unpaired) electrons. The fraction of sp³-hybridized carbons (Fsp3) is 0.412. The normalized spacial score (nSPS) is 11.2. The molecule has 0 aliphatic heterocycles. The van der Waals surface area contributed by atoms with Gasteiger partial charge in [-0.2, -0.15) is 10.1 Å². The Balaban J connectivity index is 1.93. The first-order chi connectivity index (χ1) is 12.1. The molecule has 8 nitrogen and oxygen atoms in total. The maximum absolute atomic E-state index is 5.56. The second-order valence-electron chi connectivity index (χ2n) is 6.27. The van der Waals surface area contributed by atoms with Gasteiger partial charge < -0.3 is 10.5 Å². The summed E-state index contributed by atoms with van der Waals surface area (Å²) < 4.78 is 7.33. The molecule has 2 aromatic heterocycles. The average Bonchev–Trinajstić information content (AvgIpc) is 3.18. The number of H-pyrrole nitrogens is 1. The highest BCUT2D eigenvalue weighted by Gasteiger charge is 2.16. The molecule has 3 rings (SSSR count). The van der Waals surface area contributed by atoms with E-state index in [4.69, 9.17) is 20.6 Å². The molecule has 0 atom stereocenters. The number of nitrogen functional groups attached to an aromatic ring is 1. The topological polar surface area (TPSA) is 108 Å². The minimum atomic E-state index is 0.252. The summed E-state index contributed by atoms with van der Waals surface area (Å²) in [6, 6.07) is 7.79. The second-order valence-corrected chi connectivity index (χ2v) is 6.27. The summed E-state index contributed by atoms with van der Waals surface area (Å²) >= 11 is 0. The van der Waals surface area contributed by atoms with E-state index in [2.05, 4.69) is 29.0 Å². The SMILES string of the molecule is COc1ccccc1-n1nc(CC(C)C)nc1CCc1nc(N)n[nH]1. The van der Waals surface area contributed by atoms with Crippen LogP contribution in [0.2, 0.25) is 0 Å². The van der Waals surface area contributed by atoms with Crippen LogP contribution in [0.25, 0.3) is 5.69 Å². The molecule has 0 unspecified atom stereocenters. The van der Waals surface area contributed by atoms with E-state index < -0.39 is 0 Å². The summed E-state index contributed by atoms with van der Waals surface area (Å²) in [5.74, 6) is 3.91. The number of rotatable bonds is 7. The van der Waals surface area contributed by atoms with Gasteiger partial charge in [-0.15, -0.1) is 5.10 Å². The Labute approximate surface area is 146 Å². The first-order valence-corrected chi connectivity index (χ1v) is 8.31. The Kier molecular flexibility index (Phi) is 4.97. The van der Waals surface area contributed by atoms with Crippen molar-refractivity contribution in [3.63, 3.8) is 0 Å². The van der Waals surface area contributed by atoms with E-state index in [1.165, 1.54) is 0 Å². The lowest BCUT2D eigenvalue weighted by Crippen LogP contribution is -2.07. The van der Waals surface area contributed by atoms with Crippen molar-refractivity contribution >= 4 is 5.95 Å². The van der Waals surface area contributed by atoms with Crippen LogP contribution in [0.5, 0.6) is 5.75 Å². The van der Waals surface area contributed by atoms with Gasteiger partial charge in [-0.1, -0.05) is 26.0 Å². The Morgan fingerprint density at radius 2 is 2.00 bits per heavy atom. The van der Waals surface area contributed by atoms with Gasteiger partial charge >= 0.3 is 0 Å². The van der Waals surface area contributed by atoms with Crippen molar-refractivity contribution in [2.24, 2.45) is 5.92 Å². The van der Waals surface area contributed by atoms with Crippen LogP contribution in [0.3, 0.4) is 0 Å². The largest absolute Gasteiger partial charge is 0.494 e. The number of aromatic nitrogens is 6. The highest BCUT2D eigenvalue weighted by atomic mass is 16.5. The molecular formula is C17H23N7O. The molecule has 0 aliphatic carbocycles. The van der Waals surface area contributed by atoms with Crippen molar-refractivity contribution in [1.29, 1.82) is 0 Å². The van der Waals surface area contributed by atoms with E-state index in [9.17, 15) is 0 Å². The van der Waals surface area contributed by atoms with Gasteiger partial charge in [0.15, 0.2) is 5.82 Å². The van der Waals surface area contributed by atoms with Crippen molar-refractivity contribution in [3.05, 3.63) is 41.7 Å². The van der Waals surface area contributed by atoms with E-state index in [1.807, 2.05) is 28.9 Å². The number of anilines is 1. The predicted octanol–water partition coefficient (Wildman–Crippen LogP) is 1.96. The van der Waals surface area contributed by atoms with E-state index >= 15 is 0 Å². The van der Waals surface area contributed by atoms with Gasteiger partial charge in [0.1, 0.15) is 23.1 Å². The third kappa shape index (κ3) is 3.96. The minimum Gasteiger partial charge on any atom is -0.494 e. The standard InChI is InChI=1S/C17H23N7O/c1-11(2)10-15-19-16(9-8-14-20-17(18)22-21-14)24(23-15)12-6-4-5-7-13(12)25-3/h4-7,11H,8-10H2,1-3H3,(H3,18,20,21,22). The van der Waals surface area contributed by atoms with Crippen molar-refractivity contribution in [2.45, 2.75) is 33.1 Å². The molecule has 0 amide bonds. The van der Waals surface area contributed by atoms with Gasteiger partial charge in [0.05, 0.1) is 7.11 Å². The number of aryl methyl sites for hydroxylation is 2. The minimum absolute atomic E-state index is 0.252. The van der Waals surface area contributed by atoms with Crippen LogP contribution in [-0.2, 0) is 19.3 Å². The Morgan fingerprint density at radius 1 is 1.20 bits per heavy atom. The van der Waals surface area contributed by atoms with E-state index in [1.54, 1.807) is 7.11 Å². The van der Waals surface area contributed by atoms with E-state index in [0.717, 1.165) is 35.3 Å². The fourth-order valence-corrected chi connectivity index (χ4v) is 2.66. The van der Waals surface area contributed by atoms with Crippen molar-refractivity contribution < 1.29 is 4.74 Å². The molecule has 0 bridgehead atoms. The van der Waals surface area contributed by atoms with Crippen LogP contribution >= 0.6 is 0 Å². The van der Waals surface area contributed by atoms with Crippen LogP contribution in [0.15, 0.2) is 24.3 Å². The number of benzene rings is 1. The number of ether oxygens (including phenoxy) is 1. The first-order valence-electron chi connectivity index (χ1n) is 8.31. The molecular weight excluding hydrogens is 318 g/mol. The number of aromatic amines is 1. The summed E-state index contributed by atoms with van der Waals surface area (Å²) in [7, 11) is 1.65. The Hall–Kier alpha value is -2.90. The molecule has 132 valence electrons. The van der Waals surface area contributed by atoms with Crippen LogP contribution in [-0.4, -0.2) is 37.1 Å². The molecule has 25 heavy (non-hydrogen) atoms. The highest BCUT2D eigenvalue weighted by Crippen LogP contribution is 2.23. The molecule has 8 heteroatoms. The maximum Gasteiger partial charge on any atom is 0.239 e. The summed E-state index contributed by atoms with van der Waals surface area (Å²) in [5.41, 5.74) is 6.44. The summed E-state index contributed by atoms with van der Waals surface area (Å²) in [5, 5.41) is 11.4. The summed E-state index contributed by atoms with van der Waals surface area (Å²) in [6.07, 6.45) is 2.14. The predicted molar refractivity (Wildman–Crippen MR) is 94.7 cm³/mol. The van der Waals surface area contributed by atoms with Crippen molar-refractivity contribution in [1.82, 2.24) is 29.9 Å². The highest BCUT2D eigenvalue weighted by molar-refractivity contribution is 5.46. The summed E-state index contributed by atoms with van der Waals surface area (Å²) in [4.78, 5) is 8.87. The number of nitrogens with one attached hydrogen (secondary N) is 1. The smallest absolute Gasteiger partial charge is 0.239 e. The van der Waals surface area contributed by atoms with Gasteiger partial charge in [-0.05, 0) is 18.1 Å². The zero-order valence-corrected chi connectivity index (χ0v) is 14.7. The third-order valence-electron chi connectivity index (χ3n) is 3.76. The van der Waals surface area contributed by atoms with Crippen LogP contribution < -0.4 is 10.5 Å². The zero-order valence-electron chi connectivity index (χ0n) is 14.7. The van der Waals surface area contributed by atoms with Crippen molar-refractivity contribution in [2.75, 3.05) is 12.8 Å². The number of hydrogen-bond donors (Lipinski definition) is 2. The molecule has 2 heterocycles. The molecule has 3 aromatic rings. The molecule has 1 aromatic carbocycles. The van der Waals surface area contributed by atoms with Gasteiger partial charge in [0, 0.05) is 19.3 Å².